The molecule has 112 valence electrons. The number of tetrazole rings is 1. The summed E-state index contributed by atoms with van der Waals surface area (Å²) in [5, 5.41) is 11.8. The van der Waals surface area contributed by atoms with E-state index in [2.05, 4.69) is 27.7 Å². The molecule has 0 radical (unpaired) electrons. The van der Waals surface area contributed by atoms with Gasteiger partial charge >= 0.3 is 0 Å². The molecule has 0 saturated heterocycles. The molecule has 0 spiro atoms. The monoisotopic (exact) mass is 295 g/mol. The molecule has 0 aliphatic rings. The van der Waals surface area contributed by atoms with Gasteiger partial charge in [-0.05, 0) is 40.3 Å². The fourth-order valence-electron chi connectivity index (χ4n) is 2.12. The Kier molecular flexibility index (Phi) is 4.29. The second-order valence-corrected chi connectivity index (χ2v) is 4.90. The summed E-state index contributed by atoms with van der Waals surface area (Å²) in [6.07, 6.45) is 0.704. The SMILES string of the molecule is Nc1ccc(OCCn2nnnc2Cc2ccccc2)cc1. The maximum atomic E-state index is 5.67. The predicted octanol–water partition coefficient (Wildman–Crippen LogP) is 1.93. The van der Waals surface area contributed by atoms with Crippen molar-refractivity contribution in [3.05, 3.63) is 66.0 Å². The average molecular weight is 295 g/mol. The molecule has 0 unspecified atom stereocenters. The highest BCUT2D eigenvalue weighted by Gasteiger charge is 2.07. The van der Waals surface area contributed by atoms with Gasteiger partial charge in [-0.25, -0.2) is 4.68 Å². The standard InChI is InChI=1S/C16H17N5O/c17-14-6-8-15(9-7-14)22-11-10-21-16(18-19-20-21)12-13-4-2-1-3-5-13/h1-9H,10-12,17H2. The van der Waals surface area contributed by atoms with Crippen LogP contribution in [0.4, 0.5) is 5.69 Å². The minimum Gasteiger partial charge on any atom is -0.492 e. The molecule has 1 aromatic heterocycles. The molecule has 0 fully saturated rings. The smallest absolute Gasteiger partial charge is 0.155 e. The van der Waals surface area contributed by atoms with E-state index in [0.29, 0.717) is 19.6 Å². The third-order valence-electron chi connectivity index (χ3n) is 3.26. The zero-order valence-electron chi connectivity index (χ0n) is 12.1. The fraction of sp³-hybridized carbons (Fsp3) is 0.188. The normalized spacial score (nSPS) is 10.5. The molecule has 0 atom stereocenters. The van der Waals surface area contributed by atoms with Crippen LogP contribution in [0.25, 0.3) is 0 Å². The van der Waals surface area contributed by atoms with E-state index in [1.165, 1.54) is 5.56 Å². The Labute approximate surface area is 128 Å². The molecule has 0 aliphatic heterocycles. The molecule has 3 aromatic rings. The lowest BCUT2D eigenvalue weighted by Crippen LogP contribution is -2.13. The van der Waals surface area contributed by atoms with Gasteiger partial charge in [-0.15, -0.1) is 5.10 Å². The second-order valence-electron chi connectivity index (χ2n) is 4.90. The summed E-state index contributed by atoms with van der Waals surface area (Å²) in [6, 6.07) is 17.4. The van der Waals surface area contributed by atoms with Crippen LogP contribution >= 0.6 is 0 Å². The van der Waals surface area contributed by atoms with Crippen LogP contribution in [-0.2, 0) is 13.0 Å². The van der Waals surface area contributed by atoms with Crippen molar-refractivity contribution in [3.63, 3.8) is 0 Å². The van der Waals surface area contributed by atoms with Crippen molar-refractivity contribution in [2.24, 2.45) is 0 Å². The van der Waals surface area contributed by atoms with Crippen molar-refractivity contribution in [2.45, 2.75) is 13.0 Å². The largest absolute Gasteiger partial charge is 0.492 e. The van der Waals surface area contributed by atoms with Crippen molar-refractivity contribution in [1.29, 1.82) is 0 Å². The number of aromatic nitrogens is 4. The summed E-state index contributed by atoms with van der Waals surface area (Å²) in [6.45, 7) is 1.09. The highest BCUT2D eigenvalue weighted by Crippen LogP contribution is 2.13. The minimum absolute atomic E-state index is 0.497. The third kappa shape index (κ3) is 3.60. The van der Waals surface area contributed by atoms with Gasteiger partial charge in [0.15, 0.2) is 5.82 Å². The van der Waals surface area contributed by atoms with E-state index in [0.717, 1.165) is 17.3 Å². The van der Waals surface area contributed by atoms with Crippen molar-refractivity contribution >= 4 is 5.69 Å². The number of hydrogen-bond acceptors (Lipinski definition) is 5. The predicted molar refractivity (Wildman–Crippen MR) is 83.4 cm³/mol. The number of rotatable bonds is 6. The van der Waals surface area contributed by atoms with E-state index >= 15 is 0 Å². The van der Waals surface area contributed by atoms with Crippen LogP contribution in [0, 0.1) is 0 Å². The molecule has 0 amide bonds. The first-order valence-corrected chi connectivity index (χ1v) is 7.08. The molecule has 0 aliphatic carbocycles. The van der Waals surface area contributed by atoms with E-state index in [-0.39, 0.29) is 0 Å². The van der Waals surface area contributed by atoms with E-state index in [1.807, 2.05) is 42.5 Å². The summed E-state index contributed by atoms with van der Waals surface area (Å²) in [4.78, 5) is 0. The number of ether oxygens (including phenoxy) is 1. The van der Waals surface area contributed by atoms with Crippen molar-refractivity contribution in [1.82, 2.24) is 20.2 Å². The molecular weight excluding hydrogens is 278 g/mol. The zero-order valence-corrected chi connectivity index (χ0v) is 12.1. The highest BCUT2D eigenvalue weighted by atomic mass is 16.5. The number of anilines is 1. The second kappa shape index (κ2) is 6.71. The molecule has 6 heteroatoms. The van der Waals surface area contributed by atoms with Crippen molar-refractivity contribution in [3.8, 4) is 5.75 Å². The molecule has 3 rings (SSSR count). The zero-order chi connectivity index (χ0) is 15.2. The van der Waals surface area contributed by atoms with Gasteiger partial charge in [0.25, 0.3) is 0 Å². The molecular formula is C16H17N5O. The van der Waals surface area contributed by atoms with E-state index in [4.69, 9.17) is 10.5 Å². The van der Waals surface area contributed by atoms with Crippen LogP contribution in [-0.4, -0.2) is 26.8 Å². The van der Waals surface area contributed by atoms with Crippen LogP contribution < -0.4 is 10.5 Å². The molecule has 1 heterocycles. The van der Waals surface area contributed by atoms with E-state index < -0.39 is 0 Å². The lowest BCUT2D eigenvalue weighted by Gasteiger charge is -2.07. The number of nitrogen functional groups attached to an aromatic ring is 1. The lowest BCUT2D eigenvalue weighted by molar-refractivity contribution is 0.287. The first kappa shape index (κ1) is 14.1. The summed E-state index contributed by atoms with van der Waals surface area (Å²) in [5.41, 5.74) is 7.54. The molecule has 2 N–H and O–H groups in total. The van der Waals surface area contributed by atoms with E-state index in [9.17, 15) is 0 Å². The Balaban J connectivity index is 1.57. The fourth-order valence-corrected chi connectivity index (χ4v) is 2.12. The van der Waals surface area contributed by atoms with Crippen molar-refractivity contribution in [2.75, 3.05) is 12.3 Å². The average Bonchev–Trinajstić information content (AvgIpc) is 2.98. The van der Waals surface area contributed by atoms with Gasteiger partial charge in [-0.2, -0.15) is 0 Å². The minimum atomic E-state index is 0.497. The number of benzene rings is 2. The first-order valence-electron chi connectivity index (χ1n) is 7.08. The van der Waals surface area contributed by atoms with Gasteiger partial charge in [-0.1, -0.05) is 30.3 Å². The molecule has 22 heavy (non-hydrogen) atoms. The summed E-state index contributed by atoms with van der Waals surface area (Å²) >= 11 is 0. The molecule has 0 saturated carbocycles. The summed E-state index contributed by atoms with van der Waals surface area (Å²) in [7, 11) is 0. The van der Waals surface area contributed by atoms with Gasteiger partial charge in [0.05, 0.1) is 6.54 Å². The Bertz CT molecular complexity index is 709. The Morgan fingerprint density at radius 1 is 1.00 bits per heavy atom. The maximum Gasteiger partial charge on any atom is 0.155 e. The van der Waals surface area contributed by atoms with Crippen LogP contribution in [0.1, 0.15) is 11.4 Å². The Morgan fingerprint density at radius 2 is 1.77 bits per heavy atom. The molecule has 6 nitrogen and oxygen atoms in total. The summed E-state index contributed by atoms with van der Waals surface area (Å²) < 4.78 is 7.44. The third-order valence-corrected chi connectivity index (χ3v) is 3.26. The molecule has 2 aromatic carbocycles. The van der Waals surface area contributed by atoms with E-state index in [1.54, 1.807) is 4.68 Å². The van der Waals surface area contributed by atoms with Gasteiger partial charge in [-0.3, -0.25) is 0 Å². The molecule has 0 bridgehead atoms. The number of hydrogen-bond donors (Lipinski definition) is 1. The van der Waals surface area contributed by atoms with Crippen LogP contribution in [0.15, 0.2) is 54.6 Å². The number of nitrogens with two attached hydrogens (primary N) is 1. The van der Waals surface area contributed by atoms with Gasteiger partial charge in [0, 0.05) is 12.1 Å². The topological polar surface area (TPSA) is 78.9 Å². The van der Waals surface area contributed by atoms with Crippen molar-refractivity contribution < 1.29 is 4.74 Å². The maximum absolute atomic E-state index is 5.67. The highest BCUT2D eigenvalue weighted by molar-refractivity contribution is 5.41. The van der Waals surface area contributed by atoms with Gasteiger partial charge < -0.3 is 10.5 Å². The Hall–Kier alpha value is -2.89. The summed E-state index contributed by atoms with van der Waals surface area (Å²) in [5.74, 6) is 1.61. The van der Waals surface area contributed by atoms with Gasteiger partial charge in [0.1, 0.15) is 12.4 Å². The Morgan fingerprint density at radius 3 is 2.55 bits per heavy atom. The quantitative estimate of drug-likeness (QED) is 0.703. The van der Waals surface area contributed by atoms with Gasteiger partial charge in [0.2, 0.25) is 0 Å². The number of nitrogens with zero attached hydrogens (tertiary/aromatic N) is 4. The van der Waals surface area contributed by atoms with Crippen LogP contribution in [0.2, 0.25) is 0 Å². The van der Waals surface area contributed by atoms with Crippen LogP contribution in [0.3, 0.4) is 0 Å². The van der Waals surface area contributed by atoms with Crippen LogP contribution in [0.5, 0.6) is 5.75 Å². The lowest BCUT2D eigenvalue weighted by atomic mass is 10.1. The first-order chi connectivity index (χ1) is 10.8.